The van der Waals surface area contributed by atoms with E-state index in [1.54, 1.807) is 6.08 Å². The van der Waals surface area contributed by atoms with Gasteiger partial charge in [0.25, 0.3) is 0 Å². The molecule has 2 nitrogen and oxygen atoms in total. The summed E-state index contributed by atoms with van der Waals surface area (Å²) in [6.07, 6.45) is 14.3. The van der Waals surface area contributed by atoms with Crippen molar-refractivity contribution in [1.29, 1.82) is 0 Å². The van der Waals surface area contributed by atoms with E-state index in [0.29, 0.717) is 17.8 Å². The summed E-state index contributed by atoms with van der Waals surface area (Å²) in [5.74, 6) is 1.19. The van der Waals surface area contributed by atoms with Gasteiger partial charge in [-0.2, -0.15) is 0 Å². The standard InChI is InChI=1S/C21H31FN2/c1-3-4-7-16(8-11-24-9-5-6-10-24)12-17(23)13-18-19-14-20(22)15(2)21(18)19/h4,7,12,14,16,18,21H,3,5-6,8-11,13,23H2,1-2H3/b7-4+,17-12-. The lowest BCUT2D eigenvalue weighted by molar-refractivity contribution is 0.325. The first-order valence-corrected chi connectivity index (χ1v) is 9.53. The number of allylic oxidation sites excluding steroid dienone is 8. The number of hydrogen-bond acceptors (Lipinski definition) is 2. The number of rotatable bonds is 8. The number of nitrogens with two attached hydrogens (primary N) is 1. The van der Waals surface area contributed by atoms with E-state index in [9.17, 15) is 4.39 Å². The van der Waals surface area contributed by atoms with Gasteiger partial charge in [0.05, 0.1) is 0 Å². The molecule has 3 atom stereocenters. The van der Waals surface area contributed by atoms with Crippen LogP contribution in [0.3, 0.4) is 0 Å². The van der Waals surface area contributed by atoms with Gasteiger partial charge in [-0.1, -0.05) is 30.7 Å². The van der Waals surface area contributed by atoms with Crippen molar-refractivity contribution in [2.75, 3.05) is 19.6 Å². The minimum absolute atomic E-state index is 0.0248. The summed E-state index contributed by atoms with van der Waals surface area (Å²) in [6, 6.07) is 0. The molecule has 1 saturated heterocycles. The lowest BCUT2D eigenvalue weighted by Gasteiger charge is -2.17. The van der Waals surface area contributed by atoms with Gasteiger partial charge in [-0.3, -0.25) is 0 Å². The minimum Gasteiger partial charge on any atom is -0.402 e. The van der Waals surface area contributed by atoms with Crippen molar-refractivity contribution in [2.45, 2.75) is 46.0 Å². The van der Waals surface area contributed by atoms with Gasteiger partial charge in [0.15, 0.2) is 0 Å². The first-order chi connectivity index (χ1) is 11.6. The van der Waals surface area contributed by atoms with E-state index in [2.05, 4.69) is 30.1 Å². The van der Waals surface area contributed by atoms with Crippen LogP contribution in [0.5, 0.6) is 0 Å². The largest absolute Gasteiger partial charge is 0.402 e. The van der Waals surface area contributed by atoms with Crippen LogP contribution in [0.25, 0.3) is 0 Å². The molecule has 0 radical (unpaired) electrons. The molecular weight excluding hydrogens is 299 g/mol. The van der Waals surface area contributed by atoms with Crippen molar-refractivity contribution in [3.05, 3.63) is 47.0 Å². The molecule has 1 aliphatic heterocycles. The molecule has 0 amide bonds. The third kappa shape index (κ3) is 4.00. The second kappa shape index (κ2) is 7.69. The van der Waals surface area contributed by atoms with Gasteiger partial charge >= 0.3 is 0 Å². The maximum absolute atomic E-state index is 13.5. The van der Waals surface area contributed by atoms with Crippen molar-refractivity contribution in [3.8, 4) is 0 Å². The van der Waals surface area contributed by atoms with Crippen LogP contribution in [-0.2, 0) is 0 Å². The molecule has 1 saturated carbocycles. The Bertz CT molecular complexity index is 579. The van der Waals surface area contributed by atoms with Crippen LogP contribution in [0.2, 0.25) is 0 Å². The summed E-state index contributed by atoms with van der Waals surface area (Å²) >= 11 is 0. The van der Waals surface area contributed by atoms with Crippen LogP contribution in [0.4, 0.5) is 4.39 Å². The second-order valence-electron chi connectivity index (χ2n) is 7.54. The van der Waals surface area contributed by atoms with Crippen molar-refractivity contribution in [3.63, 3.8) is 0 Å². The predicted molar refractivity (Wildman–Crippen MR) is 99.0 cm³/mol. The third-order valence-corrected chi connectivity index (χ3v) is 5.70. The molecule has 0 bridgehead atoms. The molecule has 0 aromatic heterocycles. The Morgan fingerprint density at radius 3 is 2.79 bits per heavy atom. The first kappa shape index (κ1) is 17.5. The Labute approximate surface area is 146 Å². The highest BCUT2D eigenvalue weighted by atomic mass is 19.1. The number of halogens is 1. The van der Waals surface area contributed by atoms with Crippen LogP contribution >= 0.6 is 0 Å². The van der Waals surface area contributed by atoms with Gasteiger partial charge in [-0.15, -0.1) is 0 Å². The van der Waals surface area contributed by atoms with Crippen molar-refractivity contribution < 1.29 is 4.39 Å². The Morgan fingerprint density at radius 1 is 1.42 bits per heavy atom. The summed E-state index contributed by atoms with van der Waals surface area (Å²) in [5.41, 5.74) is 9.45. The van der Waals surface area contributed by atoms with Crippen molar-refractivity contribution >= 4 is 0 Å². The van der Waals surface area contributed by atoms with E-state index in [4.69, 9.17) is 5.73 Å². The van der Waals surface area contributed by atoms with E-state index in [1.165, 1.54) is 31.5 Å². The first-order valence-electron chi connectivity index (χ1n) is 9.53. The molecule has 132 valence electrons. The molecule has 2 aliphatic carbocycles. The van der Waals surface area contributed by atoms with Gasteiger partial charge in [0, 0.05) is 11.6 Å². The molecule has 1 heterocycles. The van der Waals surface area contributed by atoms with Gasteiger partial charge in [-0.25, -0.2) is 4.39 Å². The number of nitrogens with zero attached hydrogens (tertiary/aromatic N) is 1. The fourth-order valence-electron chi connectivity index (χ4n) is 4.21. The molecule has 0 aromatic carbocycles. The number of fused-ring (bicyclic) bond motifs is 1. The maximum Gasteiger partial charge on any atom is 0.122 e. The highest BCUT2D eigenvalue weighted by Gasteiger charge is 2.49. The summed E-state index contributed by atoms with van der Waals surface area (Å²) < 4.78 is 13.5. The molecule has 2 N–H and O–H groups in total. The van der Waals surface area contributed by atoms with Crippen molar-refractivity contribution in [1.82, 2.24) is 4.90 Å². The van der Waals surface area contributed by atoms with Crippen molar-refractivity contribution in [2.24, 2.45) is 23.5 Å². The Hall–Kier alpha value is -1.35. The van der Waals surface area contributed by atoms with E-state index < -0.39 is 0 Å². The molecule has 3 unspecified atom stereocenters. The highest BCUT2D eigenvalue weighted by Crippen LogP contribution is 2.58. The van der Waals surface area contributed by atoms with Crippen LogP contribution in [0, 0.1) is 17.8 Å². The fraction of sp³-hybridized carbons (Fsp3) is 0.619. The lowest BCUT2D eigenvalue weighted by Crippen LogP contribution is -2.22. The molecule has 24 heavy (non-hydrogen) atoms. The SMILES string of the molecule is CC/C=C/C(/C=C(\N)CC1C2=CC(F)=C(C)C21)CCN1CCCC1. The van der Waals surface area contributed by atoms with Crippen LogP contribution in [0.15, 0.2) is 47.0 Å². The molecule has 2 fully saturated rings. The Kier molecular flexibility index (Phi) is 5.60. The molecular formula is C21H31FN2. The summed E-state index contributed by atoms with van der Waals surface area (Å²) in [4.78, 5) is 2.56. The molecule has 3 aliphatic rings. The predicted octanol–water partition coefficient (Wildman–Crippen LogP) is 4.72. The zero-order valence-corrected chi connectivity index (χ0v) is 15.1. The Balaban J connectivity index is 1.53. The molecule has 3 rings (SSSR count). The van der Waals surface area contributed by atoms with E-state index in [1.807, 2.05) is 6.92 Å². The second-order valence-corrected chi connectivity index (χ2v) is 7.54. The normalized spacial score (nSPS) is 28.6. The summed E-state index contributed by atoms with van der Waals surface area (Å²) in [7, 11) is 0. The lowest BCUT2D eigenvalue weighted by atomic mass is 10.00. The monoisotopic (exact) mass is 330 g/mol. The Morgan fingerprint density at radius 2 is 2.17 bits per heavy atom. The molecule has 3 heteroatoms. The summed E-state index contributed by atoms with van der Waals surface area (Å²) in [6.45, 7) is 7.73. The van der Waals surface area contributed by atoms with Crippen LogP contribution < -0.4 is 5.73 Å². The van der Waals surface area contributed by atoms with Gasteiger partial charge in [0.1, 0.15) is 5.83 Å². The minimum atomic E-state index is -0.0248. The maximum atomic E-state index is 13.5. The fourth-order valence-corrected chi connectivity index (χ4v) is 4.21. The van der Waals surface area contributed by atoms with Gasteiger partial charge < -0.3 is 10.6 Å². The third-order valence-electron chi connectivity index (χ3n) is 5.70. The van der Waals surface area contributed by atoms with Crippen LogP contribution in [-0.4, -0.2) is 24.5 Å². The molecule has 0 aromatic rings. The smallest absolute Gasteiger partial charge is 0.122 e. The zero-order valence-electron chi connectivity index (χ0n) is 15.1. The number of likely N-dealkylation sites (tertiary alicyclic amines) is 1. The van der Waals surface area contributed by atoms with E-state index in [0.717, 1.165) is 37.1 Å². The van der Waals surface area contributed by atoms with Gasteiger partial charge in [0.2, 0.25) is 0 Å². The van der Waals surface area contributed by atoms with E-state index in [-0.39, 0.29) is 5.83 Å². The average Bonchev–Trinajstić information content (AvgIpc) is 2.91. The number of hydrogen-bond donors (Lipinski definition) is 1. The van der Waals surface area contributed by atoms with Crippen LogP contribution in [0.1, 0.15) is 46.0 Å². The topological polar surface area (TPSA) is 29.3 Å². The average molecular weight is 330 g/mol. The zero-order chi connectivity index (χ0) is 17.1. The highest BCUT2D eigenvalue weighted by molar-refractivity contribution is 5.51. The van der Waals surface area contributed by atoms with E-state index >= 15 is 0 Å². The molecule has 0 spiro atoms. The quantitative estimate of drug-likeness (QED) is 0.653. The summed E-state index contributed by atoms with van der Waals surface area (Å²) in [5, 5.41) is 0. The van der Waals surface area contributed by atoms with Gasteiger partial charge in [-0.05, 0) is 82.1 Å².